The van der Waals surface area contributed by atoms with Crippen molar-refractivity contribution in [1.29, 1.82) is 0 Å². The highest BCUT2D eigenvalue weighted by molar-refractivity contribution is 8.01. The molecule has 0 spiro atoms. The Labute approximate surface area is 143 Å². The minimum Gasteiger partial charge on any atom is -0.363 e. The summed E-state index contributed by atoms with van der Waals surface area (Å²) >= 11 is 2.86. The molecule has 0 saturated carbocycles. The first-order chi connectivity index (χ1) is 11.3. The summed E-state index contributed by atoms with van der Waals surface area (Å²) in [6.45, 7) is 0. The fourth-order valence-electron chi connectivity index (χ4n) is 2.06. The van der Waals surface area contributed by atoms with Gasteiger partial charge in [0.15, 0.2) is 10.1 Å². The van der Waals surface area contributed by atoms with Crippen LogP contribution in [-0.2, 0) is 0 Å². The molecular formula is C17H15N3OS2. The Hall–Kier alpha value is -2.18. The van der Waals surface area contributed by atoms with Gasteiger partial charge in [0.1, 0.15) is 0 Å². The van der Waals surface area contributed by atoms with Gasteiger partial charge in [0, 0.05) is 12.6 Å². The quantitative estimate of drug-likeness (QED) is 0.537. The molecule has 0 saturated heterocycles. The van der Waals surface area contributed by atoms with Crippen LogP contribution in [0.4, 0.5) is 5.13 Å². The van der Waals surface area contributed by atoms with Crippen LogP contribution in [0.3, 0.4) is 0 Å². The Morgan fingerprint density at radius 2 is 1.74 bits per heavy atom. The Bertz CT molecular complexity index is 785. The summed E-state index contributed by atoms with van der Waals surface area (Å²) in [6, 6.07) is 17.8. The zero-order valence-corrected chi connectivity index (χ0v) is 14.2. The second-order valence-electron chi connectivity index (χ2n) is 4.78. The molecule has 0 bridgehead atoms. The van der Waals surface area contributed by atoms with E-state index in [1.807, 2.05) is 42.5 Å². The van der Waals surface area contributed by atoms with Crippen molar-refractivity contribution in [2.45, 2.75) is 4.34 Å². The summed E-state index contributed by atoms with van der Waals surface area (Å²) in [5.41, 5.74) is 2.97. The molecule has 1 aromatic heterocycles. The molecule has 3 rings (SSSR count). The summed E-state index contributed by atoms with van der Waals surface area (Å²) < 4.78 is 0.795. The maximum absolute atomic E-state index is 12.3. The molecule has 0 aliphatic rings. The fourth-order valence-corrected chi connectivity index (χ4v) is 3.66. The van der Waals surface area contributed by atoms with Crippen LogP contribution in [0, 0.1) is 0 Å². The topological polar surface area (TPSA) is 54.9 Å². The number of carbonyl (C=O) groups excluding carboxylic acids is 1. The van der Waals surface area contributed by atoms with Crippen molar-refractivity contribution in [1.82, 2.24) is 10.2 Å². The number of ketones is 1. The summed E-state index contributed by atoms with van der Waals surface area (Å²) in [4.78, 5) is 12.3. The molecule has 3 aromatic rings. The summed E-state index contributed by atoms with van der Waals surface area (Å²) in [5.74, 6) is 0.457. The van der Waals surface area contributed by atoms with Gasteiger partial charge >= 0.3 is 0 Å². The van der Waals surface area contributed by atoms with Crippen molar-refractivity contribution in [2.24, 2.45) is 0 Å². The van der Waals surface area contributed by atoms with Crippen LogP contribution >= 0.6 is 23.1 Å². The molecule has 0 amide bonds. The molecule has 0 aliphatic carbocycles. The van der Waals surface area contributed by atoms with E-state index < -0.39 is 0 Å². The van der Waals surface area contributed by atoms with E-state index in [0.717, 1.165) is 26.2 Å². The van der Waals surface area contributed by atoms with Gasteiger partial charge in [0.25, 0.3) is 0 Å². The fraction of sp³-hybridized carbons (Fsp3) is 0.118. The van der Waals surface area contributed by atoms with E-state index in [4.69, 9.17) is 0 Å². The number of benzene rings is 2. The maximum atomic E-state index is 12.3. The number of nitrogens with zero attached hydrogens (tertiary/aromatic N) is 2. The van der Waals surface area contributed by atoms with Gasteiger partial charge in [0.05, 0.1) is 5.75 Å². The Morgan fingerprint density at radius 1 is 1.04 bits per heavy atom. The van der Waals surface area contributed by atoms with Crippen LogP contribution in [0.2, 0.25) is 0 Å². The lowest BCUT2D eigenvalue weighted by molar-refractivity contribution is 0.102. The first-order valence-corrected chi connectivity index (χ1v) is 8.89. The van der Waals surface area contributed by atoms with E-state index in [-0.39, 0.29) is 5.78 Å². The summed E-state index contributed by atoms with van der Waals surface area (Å²) in [7, 11) is 1.80. The van der Waals surface area contributed by atoms with Crippen molar-refractivity contribution >= 4 is 34.0 Å². The highest BCUT2D eigenvalue weighted by Gasteiger charge is 2.10. The molecule has 116 valence electrons. The van der Waals surface area contributed by atoms with E-state index in [1.54, 1.807) is 7.05 Å². The number of rotatable bonds is 6. The molecule has 0 fully saturated rings. The maximum Gasteiger partial charge on any atom is 0.206 e. The third-order valence-corrected chi connectivity index (χ3v) is 5.34. The van der Waals surface area contributed by atoms with Crippen molar-refractivity contribution in [3.8, 4) is 11.1 Å². The van der Waals surface area contributed by atoms with Crippen molar-refractivity contribution < 1.29 is 4.79 Å². The number of hydrogen-bond acceptors (Lipinski definition) is 6. The number of aromatic nitrogens is 2. The average Bonchev–Trinajstić information content (AvgIpc) is 3.09. The molecule has 2 aromatic carbocycles. The molecular weight excluding hydrogens is 326 g/mol. The normalized spacial score (nSPS) is 10.5. The molecule has 0 radical (unpaired) electrons. The summed E-state index contributed by atoms with van der Waals surface area (Å²) in [5, 5.41) is 11.7. The lowest BCUT2D eigenvalue weighted by Crippen LogP contribution is -2.01. The van der Waals surface area contributed by atoms with Crippen LogP contribution in [-0.4, -0.2) is 28.8 Å². The number of anilines is 1. The van der Waals surface area contributed by atoms with E-state index in [0.29, 0.717) is 5.75 Å². The molecule has 4 nitrogen and oxygen atoms in total. The Balaban J connectivity index is 1.63. The van der Waals surface area contributed by atoms with Gasteiger partial charge in [-0.05, 0) is 11.1 Å². The standard InChI is InChI=1S/C17H15N3OS2/c1-18-16-19-20-17(23-16)22-11-15(21)14-9-7-13(8-10-14)12-5-3-2-4-6-12/h2-10H,11H2,1H3,(H,18,19). The van der Waals surface area contributed by atoms with Gasteiger partial charge in [-0.2, -0.15) is 0 Å². The van der Waals surface area contributed by atoms with E-state index in [9.17, 15) is 4.79 Å². The van der Waals surface area contributed by atoms with E-state index in [2.05, 4.69) is 27.6 Å². The second-order valence-corrected chi connectivity index (χ2v) is 6.98. The van der Waals surface area contributed by atoms with Crippen LogP contribution in [0.1, 0.15) is 10.4 Å². The highest BCUT2D eigenvalue weighted by atomic mass is 32.2. The molecule has 6 heteroatoms. The number of thioether (sulfide) groups is 1. The van der Waals surface area contributed by atoms with Crippen molar-refractivity contribution in [3.63, 3.8) is 0 Å². The van der Waals surface area contributed by atoms with Gasteiger partial charge in [-0.3, -0.25) is 4.79 Å². The average molecular weight is 341 g/mol. The first-order valence-electron chi connectivity index (χ1n) is 7.09. The first kappa shape index (κ1) is 15.7. The lowest BCUT2D eigenvalue weighted by Gasteiger charge is -2.03. The SMILES string of the molecule is CNc1nnc(SCC(=O)c2ccc(-c3ccccc3)cc2)s1. The zero-order chi connectivity index (χ0) is 16.1. The van der Waals surface area contributed by atoms with Crippen LogP contribution in [0.25, 0.3) is 11.1 Å². The molecule has 1 N–H and O–H groups in total. The van der Waals surface area contributed by atoms with Crippen LogP contribution in [0.15, 0.2) is 58.9 Å². The molecule has 0 aliphatic heterocycles. The highest BCUT2D eigenvalue weighted by Crippen LogP contribution is 2.26. The van der Waals surface area contributed by atoms with Gasteiger partial charge in [-0.15, -0.1) is 10.2 Å². The zero-order valence-electron chi connectivity index (χ0n) is 12.5. The molecule has 0 atom stereocenters. The van der Waals surface area contributed by atoms with E-state index >= 15 is 0 Å². The van der Waals surface area contributed by atoms with Crippen molar-refractivity contribution in [2.75, 3.05) is 18.1 Å². The second kappa shape index (κ2) is 7.39. The van der Waals surface area contributed by atoms with Gasteiger partial charge in [-0.1, -0.05) is 77.7 Å². The molecule has 1 heterocycles. The van der Waals surface area contributed by atoms with Crippen molar-refractivity contribution in [3.05, 3.63) is 60.2 Å². The van der Waals surface area contributed by atoms with Gasteiger partial charge in [-0.25, -0.2) is 0 Å². The predicted octanol–water partition coefficient (Wildman–Crippen LogP) is 4.22. The Morgan fingerprint density at radius 3 is 2.39 bits per heavy atom. The number of Topliss-reactive ketones (excluding diaryl/α,β-unsaturated/α-hetero) is 1. The third-order valence-electron chi connectivity index (χ3n) is 3.26. The third kappa shape index (κ3) is 3.97. The van der Waals surface area contributed by atoms with E-state index in [1.165, 1.54) is 23.1 Å². The largest absolute Gasteiger partial charge is 0.363 e. The van der Waals surface area contributed by atoms with Gasteiger partial charge in [0.2, 0.25) is 5.13 Å². The number of hydrogen-bond donors (Lipinski definition) is 1. The predicted molar refractivity (Wildman–Crippen MR) is 96.4 cm³/mol. The molecule has 0 unspecified atom stereocenters. The Kier molecular flexibility index (Phi) is 5.05. The number of carbonyl (C=O) groups is 1. The lowest BCUT2D eigenvalue weighted by atomic mass is 10.0. The van der Waals surface area contributed by atoms with Gasteiger partial charge < -0.3 is 5.32 Å². The monoisotopic (exact) mass is 341 g/mol. The number of nitrogens with one attached hydrogen (secondary N) is 1. The summed E-state index contributed by atoms with van der Waals surface area (Å²) in [6.07, 6.45) is 0. The molecule has 23 heavy (non-hydrogen) atoms. The van der Waals surface area contributed by atoms with Crippen LogP contribution < -0.4 is 5.32 Å². The smallest absolute Gasteiger partial charge is 0.206 e. The minimum atomic E-state index is 0.0934. The minimum absolute atomic E-state index is 0.0934. The van der Waals surface area contributed by atoms with Crippen LogP contribution in [0.5, 0.6) is 0 Å².